The van der Waals surface area contributed by atoms with Gasteiger partial charge in [0.2, 0.25) is 5.91 Å². The number of methoxy groups -OCH3 is 1. The molecule has 2 N–H and O–H groups in total. The molecule has 0 bridgehead atoms. The highest BCUT2D eigenvalue weighted by Crippen LogP contribution is 2.39. The molecule has 0 aliphatic carbocycles. The molecule has 12 heteroatoms. The maximum Gasteiger partial charge on any atom is 0.290 e. The van der Waals surface area contributed by atoms with E-state index < -0.39 is 0 Å². The molecule has 0 saturated carbocycles. The number of imidazole rings is 1. The zero-order valence-electron chi connectivity index (χ0n) is 21.7. The lowest BCUT2D eigenvalue weighted by molar-refractivity contribution is -0.134. The number of fused-ring (bicyclic) bond motifs is 2. The number of carbonyl (C=O) groups is 3. The Morgan fingerprint density at radius 3 is 2.63 bits per heavy atom. The van der Waals surface area contributed by atoms with Gasteiger partial charge < -0.3 is 33.9 Å². The van der Waals surface area contributed by atoms with Gasteiger partial charge >= 0.3 is 0 Å². The summed E-state index contributed by atoms with van der Waals surface area (Å²) < 4.78 is 19.8. The quantitative estimate of drug-likeness (QED) is 0.548. The molecule has 0 radical (unpaired) electrons. The number of hydrogen-bond acceptors (Lipinski definition) is 8. The molecule has 1 aromatic carbocycles. The van der Waals surface area contributed by atoms with Gasteiger partial charge in [0.1, 0.15) is 12.4 Å². The summed E-state index contributed by atoms with van der Waals surface area (Å²) in [6.07, 6.45) is 7.48. The Balaban J connectivity index is 0.000000611. The van der Waals surface area contributed by atoms with E-state index in [0.717, 1.165) is 48.0 Å². The first kappa shape index (κ1) is 28.7. The highest BCUT2D eigenvalue weighted by atomic mass is 16.5. The molecule has 12 nitrogen and oxygen atoms in total. The first-order valence-corrected chi connectivity index (χ1v) is 12.1. The number of hydrogen-bond donors (Lipinski definition) is 2. The molecule has 0 unspecified atom stereocenters. The number of amides is 1. The number of benzene rings is 1. The fraction of sp³-hybridized carbons (Fsp3) is 0.462. The zero-order chi connectivity index (χ0) is 27.7. The van der Waals surface area contributed by atoms with E-state index >= 15 is 0 Å². The average Bonchev–Trinajstić information content (AvgIpc) is 3.56. The Bertz CT molecular complexity index is 1130. The summed E-state index contributed by atoms with van der Waals surface area (Å²) in [4.78, 5) is 37.6. The number of nitrogens with zero attached hydrogens (tertiary/aromatic N) is 4. The Labute approximate surface area is 221 Å². The zero-order valence-corrected chi connectivity index (χ0v) is 21.7. The van der Waals surface area contributed by atoms with Crippen LogP contribution in [0.5, 0.6) is 11.5 Å². The highest BCUT2D eigenvalue weighted by Gasteiger charge is 2.39. The van der Waals surface area contributed by atoms with Gasteiger partial charge in [-0.15, -0.1) is 0 Å². The largest absolute Gasteiger partial charge is 0.493 e. The van der Waals surface area contributed by atoms with Crippen LogP contribution in [0.1, 0.15) is 30.3 Å². The van der Waals surface area contributed by atoms with Crippen LogP contribution in [0.2, 0.25) is 0 Å². The van der Waals surface area contributed by atoms with Crippen LogP contribution in [0.25, 0.3) is 11.6 Å². The lowest BCUT2D eigenvalue weighted by Crippen LogP contribution is -2.47. The Hall–Kier alpha value is -3.90. The number of carboxylic acid groups (broad SMARTS) is 2. The second-order valence-electron chi connectivity index (χ2n) is 9.15. The number of rotatable bonds is 5. The van der Waals surface area contributed by atoms with Crippen molar-refractivity contribution in [1.29, 1.82) is 0 Å². The minimum absolute atomic E-state index is 0.0388. The molecule has 4 heterocycles. The van der Waals surface area contributed by atoms with Crippen molar-refractivity contribution < 1.29 is 38.8 Å². The van der Waals surface area contributed by atoms with Crippen LogP contribution in [0, 0.1) is 0 Å². The van der Waals surface area contributed by atoms with Gasteiger partial charge in [-0.05, 0) is 18.6 Å². The molecule has 206 valence electrons. The summed E-state index contributed by atoms with van der Waals surface area (Å²) in [5, 5.41) is 13.8. The first-order chi connectivity index (χ1) is 18.4. The molecule has 38 heavy (non-hydrogen) atoms. The lowest BCUT2D eigenvalue weighted by atomic mass is 10.1. The number of ether oxygens (including phenoxy) is 3. The summed E-state index contributed by atoms with van der Waals surface area (Å²) in [7, 11) is 5.24. The van der Waals surface area contributed by atoms with Gasteiger partial charge in [0.05, 0.1) is 26.2 Å². The second-order valence-corrected chi connectivity index (χ2v) is 9.15. The lowest BCUT2D eigenvalue weighted by Gasteiger charge is -2.35. The van der Waals surface area contributed by atoms with Crippen molar-refractivity contribution in [3.8, 4) is 11.5 Å². The van der Waals surface area contributed by atoms with Crippen molar-refractivity contribution in [3.63, 3.8) is 0 Å². The van der Waals surface area contributed by atoms with Gasteiger partial charge in [-0.25, -0.2) is 4.98 Å². The Morgan fingerprint density at radius 1 is 1.21 bits per heavy atom. The first-order valence-electron chi connectivity index (χ1n) is 12.1. The maximum absolute atomic E-state index is 12.1. The maximum atomic E-state index is 12.1. The van der Waals surface area contributed by atoms with E-state index in [1.54, 1.807) is 26.1 Å². The van der Waals surface area contributed by atoms with E-state index in [1.807, 2.05) is 24.4 Å². The van der Waals surface area contributed by atoms with Crippen LogP contribution < -0.4 is 9.47 Å². The second kappa shape index (κ2) is 13.6. The monoisotopic (exact) mass is 530 g/mol. The molecule has 1 amide bonds. The third-order valence-corrected chi connectivity index (χ3v) is 6.65. The van der Waals surface area contributed by atoms with Crippen molar-refractivity contribution in [2.45, 2.75) is 31.0 Å². The van der Waals surface area contributed by atoms with E-state index in [9.17, 15) is 4.79 Å². The summed E-state index contributed by atoms with van der Waals surface area (Å²) in [5.74, 6) is 2.59. The number of para-hydroxylation sites is 1. The van der Waals surface area contributed by atoms with Crippen molar-refractivity contribution >= 4 is 30.5 Å². The number of aromatic nitrogens is 2. The van der Waals surface area contributed by atoms with Gasteiger partial charge in [-0.1, -0.05) is 12.1 Å². The third kappa shape index (κ3) is 6.69. The fourth-order valence-corrected chi connectivity index (χ4v) is 4.94. The molecular weight excluding hydrogens is 496 g/mol. The van der Waals surface area contributed by atoms with E-state index in [-0.39, 0.29) is 25.0 Å². The van der Waals surface area contributed by atoms with Crippen LogP contribution in [0.4, 0.5) is 0 Å². The topological polar surface area (TPSA) is 144 Å². The van der Waals surface area contributed by atoms with E-state index in [0.29, 0.717) is 31.7 Å². The molecule has 3 atom stereocenters. The molecule has 2 fully saturated rings. The molecule has 0 spiro atoms. The van der Waals surface area contributed by atoms with E-state index in [1.165, 1.54) is 0 Å². The summed E-state index contributed by atoms with van der Waals surface area (Å²) in [6, 6.07) is 6.61. The Kier molecular flexibility index (Phi) is 10.3. The fourth-order valence-electron chi connectivity index (χ4n) is 4.94. The van der Waals surface area contributed by atoms with E-state index in [4.69, 9.17) is 34.0 Å². The van der Waals surface area contributed by atoms with Crippen LogP contribution >= 0.6 is 0 Å². The van der Waals surface area contributed by atoms with Crippen LogP contribution in [0.3, 0.4) is 0 Å². The number of carbonyl (C=O) groups excluding carboxylic acids is 1. The van der Waals surface area contributed by atoms with Crippen molar-refractivity contribution in [2.24, 2.45) is 0 Å². The van der Waals surface area contributed by atoms with Gasteiger partial charge in [-0.3, -0.25) is 19.3 Å². The van der Waals surface area contributed by atoms with Gasteiger partial charge in [0.25, 0.3) is 12.9 Å². The molecule has 2 saturated heterocycles. The minimum atomic E-state index is -0.250. The highest BCUT2D eigenvalue weighted by molar-refractivity contribution is 5.84. The number of morpholine rings is 1. The molecule has 5 rings (SSSR count). The van der Waals surface area contributed by atoms with Gasteiger partial charge in [-0.2, -0.15) is 0 Å². The molecular formula is C26H34N4O8. The molecule has 2 aromatic rings. The SMILES string of the molecule is COc1cccc2c1OCC(c1nccn1[C@@H]1C[C@H]3CO[C@@H](CC(=O)N(C)C)CN3C1)=C2.O=CO.O=CO. The Morgan fingerprint density at radius 2 is 1.95 bits per heavy atom. The minimum Gasteiger partial charge on any atom is -0.493 e. The average molecular weight is 531 g/mol. The smallest absolute Gasteiger partial charge is 0.290 e. The summed E-state index contributed by atoms with van der Waals surface area (Å²) >= 11 is 0. The summed E-state index contributed by atoms with van der Waals surface area (Å²) in [6.45, 7) is 2.36. The van der Waals surface area contributed by atoms with Crippen LogP contribution in [-0.2, 0) is 19.1 Å². The van der Waals surface area contributed by atoms with Crippen molar-refractivity contribution in [2.75, 3.05) is 47.5 Å². The van der Waals surface area contributed by atoms with Crippen LogP contribution in [-0.4, -0.2) is 108 Å². The molecule has 3 aliphatic heterocycles. The van der Waals surface area contributed by atoms with Crippen molar-refractivity contribution in [3.05, 3.63) is 42.0 Å². The standard InChI is InChI=1S/C24H30N4O4.2CH2O2/c1-26(2)22(29)11-20-13-27-12-18(10-19(27)15-31-20)28-8-7-25-24(28)17-9-16-5-4-6-21(30-3)23(16)32-14-17;2*2-1-3/h4-9,18-20H,10-15H2,1-3H3;2*1H,(H,2,3)/t18-,19+,20+;;/m1../s1. The predicted octanol–water partition coefficient (Wildman–Crippen LogP) is 1.72. The normalized spacial score (nSPS) is 21.6. The van der Waals surface area contributed by atoms with Gasteiger partial charge in [0.15, 0.2) is 11.5 Å². The van der Waals surface area contributed by atoms with Gasteiger partial charge in [0, 0.05) is 62.8 Å². The molecule has 1 aromatic heterocycles. The van der Waals surface area contributed by atoms with Crippen LogP contribution in [0.15, 0.2) is 30.6 Å². The predicted molar refractivity (Wildman–Crippen MR) is 138 cm³/mol. The summed E-state index contributed by atoms with van der Waals surface area (Å²) in [5.41, 5.74) is 2.07. The van der Waals surface area contributed by atoms with E-state index in [2.05, 4.69) is 26.7 Å². The van der Waals surface area contributed by atoms with Crippen molar-refractivity contribution in [1.82, 2.24) is 19.4 Å². The third-order valence-electron chi connectivity index (χ3n) is 6.65. The molecule has 3 aliphatic rings.